The molecule has 3 aliphatic heterocycles. The molecule has 13 rings (SSSR count). The quantitative estimate of drug-likeness (QED) is 0.151. The molecule has 0 fully saturated rings. The van der Waals surface area contributed by atoms with Crippen molar-refractivity contribution in [2.75, 3.05) is 4.90 Å². The van der Waals surface area contributed by atoms with E-state index in [9.17, 15) is 0 Å². The lowest BCUT2D eigenvalue weighted by atomic mass is 9.53. The van der Waals surface area contributed by atoms with Gasteiger partial charge in [-0.25, -0.2) is 0 Å². The molecule has 2 heteroatoms. The van der Waals surface area contributed by atoms with Gasteiger partial charge in [-0.05, 0) is 124 Å². The highest BCUT2D eigenvalue weighted by molar-refractivity contribution is 7.24. The number of nitrogens with zero attached hydrogens (tertiary/aromatic N) is 1. The first-order chi connectivity index (χ1) is 28.5. The Balaban J connectivity index is 1.12. The highest BCUT2D eigenvalue weighted by Crippen LogP contribution is 2.63. The van der Waals surface area contributed by atoms with Gasteiger partial charge >= 0.3 is 0 Å². The molecule has 58 heavy (non-hydrogen) atoms. The van der Waals surface area contributed by atoms with Crippen LogP contribution in [0.5, 0.6) is 0 Å². The molecule has 0 unspecified atom stereocenters. The van der Waals surface area contributed by atoms with Crippen LogP contribution in [0.3, 0.4) is 0 Å². The molecule has 3 heterocycles. The van der Waals surface area contributed by atoms with Gasteiger partial charge in [-0.3, -0.25) is 0 Å². The Kier molecular flexibility index (Phi) is 6.26. The molecule has 0 saturated heterocycles. The van der Waals surface area contributed by atoms with Crippen molar-refractivity contribution in [3.05, 3.63) is 234 Å². The van der Waals surface area contributed by atoms with Crippen LogP contribution >= 0.6 is 0 Å². The van der Waals surface area contributed by atoms with Gasteiger partial charge in [0.2, 0.25) is 0 Å². The normalized spacial score (nSPS) is 16.1. The minimum atomic E-state index is -2.63. The van der Waals surface area contributed by atoms with Crippen molar-refractivity contribution < 1.29 is 0 Å². The zero-order valence-corrected chi connectivity index (χ0v) is 33.5. The van der Waals surface area contributed by atoms with Crippen LogP contribution in [0, 0.1) is 0 Å². The molecule has 9 aromatic rings. The lowest BCUT2D eigenvalue weighted by Crippen LogP contribution is -2.70. The Labute approximate surface area is 340 Å². The molecular weight excluding hydrogens is 715 g/mol. The van der Waals surface area contributed by atoms with Crippen molar-refractivity contribution in [1.29, 1.82) is 0 Å². The van der Waals surface area contributed by atoms with Crippen LogP contribution in [-0.2, 0) is 10.8 Å². The Morgan fingerprint density at radius 3 is 1.34 bits per heavy atom. The van der Waals surface area contributed by atoms with Crippen LogP contribution in [0.2, 0.25) is 0 Å². The molecule has 0 radical (unpaired) electrons. The van der Waals surface area contributed by atoms with Gasteiger partial charge < -0.3 is 4.90 Å². The first-order valence-corrected chi connectivity index (χ1v) is 22.6. The number of hydrogen-bond donors (Lipinski definition) is 0. The summed E-state index contributed by atoms with van der Waals surface area (Å²) in [6, 6.07) is 76.9. The standard InChI is InChI=1S/C56H39NSi/c1-55(2)43-22-8-9-23-44(43)56(48-34-37-18-4-3-17-36(37)33-47(48)55)45-24-10-12-26-49(45)57(50-27-13-11-25-46(50)56)38-31-32-42-41-21-7-16-30-53(41)58(54(42)35-38)51-28-14-5-19-39(51)40-20-6-15-29-52(40)58/h3-35H,1-2H3. The average Bonchev–Trinajstić information content (AvgIpc) is 3.74. The molecule has 272 valence electrons. The van der Waals surface area contributed by atoms with E-state index in [0.29, 0.717) is 0 Å². The Morgan fingerprint density at radius 2 is 0.776 bits per heavy atom. The fraction of sp³-hybridized carbons (Fsp3) is 0.0714. The van der Waals surface area contributed by atoms with E-state index in [2.05, 4.69) is 219 Å². The minimum absolute atomic E-state index is 0.190. The van der Waals surface area contributed by atoms with Crippen molar-refractivity contribution in [2.45, 2.75) is 24.7 Å². The first kappa shape index (κ1) is 32.4. The predicted octanol–water partition coefficient (Wildman–Crippen LogP) is 11.0. The molecular formula is C56H39NSi. The van der Waals surface area contributed by atoms with Crippen molar-refractivity contribution in [2.24, 2.45) is 0 Å². The van der Waals surface area contributed by atoms with Crippen LogP contribution in [0.15, 0.2) is 200 Å². The summed E-state index contributed by atoms with van der Waals surface area (Å²) < 4.78 is 0. The smallest absolute Gasteiger partial charge is 0.182 e. The van der Waals surface area contributed by atoms with Gasteiger partial charge in [0.05, 0.1) is 16.8 Å². The van der Waals surface area contributed by atoms with Crippen LogP contribution in [-0.4, -0.2) is 8.07 Å². The third-order valence-electron chi connectivity index (χ3n) is 14.3. The summed E-state index contributed by atoms with van der Waals surface area (Å²) in [7, 11) is -2.63. The molecule has 0 bridgehead atoms. The molecule has 0 N–H and O–H groups in total. The number of anilines is 3. The first-order valence-electron chi connectivity index (χ1n) is 20.6. The van der Waals surface area contributed by atoms with Crippen molar-refractivity contribution in [1.82, 2.24) is 0 Å². The van der Waals surface area contributed by atoms with E-state index in [0.717, 1.165) is 0 Å². The maximum Gasteiger partial charge on any atom is 0.182 e. The Morgan fingerprint density at radius 1 is 0.345 bits per heavy atom. The molecule has 0 saturated carbocycles. The Bertz CT molecular complexity index is 3130. The molecule has 2 spiro atoms. The fourth-order valence-corrected chi connectivity index (χ4v) is 17.7. The van der Waals surface area contributed by atoms with Gasteiger partial charge in [0.1, 0.15) is 0 Å². The highest BCUT2D eigenvalue weighted by Gasteiger charge is 2.56. The van der Waals surface area contributed by atoms with E-state index >= 15 is 0 Å². The fourth-order valence-electron chi connectivity index (χ4n) is 12.0. The molecule has 0 atom stereocenters. The molecule has 4 aliphatic rings. The van der Waals surface area contributed by atoms with E-state index in [-0.39, 0.29) is 5.41 Å². The minimum Gasteiger partial charge on any atom is -0.310 e. The number of rotatable bonds is 1. The SMILES string of the molecule is CC1(C)c2ccccc2C2(c3ccccc3N(c3ccc4c(c3)[Si]3(c5ccccc5-c5ccccc53)c3ccccc3-4)c3ccccc32)c2cc3ccccc3cc21. The van der Waals surface area contributed by atoms with Gasteiger partial charge in [-0.1, -0.05) is 178 Å². The second kappa shape index (κ2) is 11.2. The summed E-state index contributed by atoms with van der Waals surface area (Å²) in [6.45, 7) is 4.83. The van der Waals surface area contributed by atoms with Gasteiger partial charge in [-0.2, -0.15) is 0 Å². The third kappa shape index (κ3) is 3.73. The lowest BCUT2D eigenvalue weighted by molar-refractivity contribution is 0.558. The topological polar surface area (TPSA) is 3.24 Å². The van der Waals surface area contributed by atoms with Crippen molar-refractivity contribution in [3.63, 3.8) is 0 Å². The number of hydrogen-bond acceptors (Lipinski definition) is 1. The zero-order chi connectivity index (χ0) is 38.4. The van der Waals surface area contributed by atoms with Crippen LogP contribution in [0.25, 0.3) is 33.0 Å². The maximum atomic E-state index is 2.59. The van der Waals surface area contributed by atoms with E-state index in [4.69, 9.17) is 0 Å². The van der Waals surface area contributed by atoms with Crippen LogP contribution in [0.1, 0.15) is 47.2 Å². The van der Waals surface area contributed by atoms with Gasteiger partial charge in [-0.15, -0.1) is 0 Å². The summed E-state index contributed by atoms with van der Waals surface area (Å²) in [6.07, 6.45) is 0. The summed E-state index contributed by atoms with van der Waals surface area (Å²) in [5.74, 6) is 0. The number of benzene rings is 9. The monoisotopic (exact) mass is 753 g/mol. The van der Waals surface area contributed by atoms with E-state index < -0.39 is 13.5 Å². The summed E-state index contributed by atoms with van der Waals surface area (Å²) in [5, 5.41) is 8.56. The van der Waals surface area contributed by atoms with E-state index in [1.54, 1.807) is 0 Å². The molecule has 0 aromatic heterocycles. The summed E-state index contributed by atoms with van der Waals surface area (Å²) >= 11 is 0. The van der Waals surface area contributed by atoms with Gasteiger partial charge in [0.15, 0.2) is 8.07 Å². The predicted molar refractivity (Wildman–Crippen MR) is 244 cm³/mol. The second-order valence-electron chi connectivity index (χ2n) is 17.2. The zero-order valence-electron chi connectivity index (χ0n) is 32.5. The average molecular weight is 754 g/mol. The Hall–Kier alpha value is -6.74. The lowest BCUT2D eigenvalue weighted by Gasteiger charge is -2.52. The summed E-state index contributed by atoms with van der Waals surface area (Å²) in [4.78, 5) is 2.58. The van der Waals surface area contributed by atoms with Gasteiger partial charge in [0.25, 0.3) is 0 Å². The molecule has 0 amide bonds. The highest BCUT2D eigenvalue weighted by atomic mass is 28.3. The molecule has 1 aliphatic carbocycles. The third-order valence-corrected chi connectivity index (χ3v) is 19.3. The molecule has 1 nitrogen and oxygen atoms in total. The second-order valence-corrected chi connectivity index (χ2v) is 20.8. The van der Waals surface area contributed by atoms with Crippen LogP contribution in [0.4, 0.5) is 17.1 Å². The van der Waals surface area contributed by atoms with Crippen LogP contribution < -0.4 is 25.6 Å². The van der Waals surface area contributed by atoms with E-state index in [1.807, 2.05) is 0 Å². The maximum absolute atomic E-state index is 2.63. The van der Waals surface area contributed by atoms with Crippen molar-refractivity contribution >= 4 is 56.7 Å². The summed E-state index contributed by atoms with van der Waals surface area (Å²) in [5.41, 5.74) is 16.6. The largest absolute Gasteiger partial charge is 0.310 e. The molecule has 9 aromatic carbocycles. The number of para-hydroxylation sites is 2. The van der Waals surface area contributed by atoms with Gasteiger partial charge in [0, 0.05) is 11.1 Å². The van der Waals surface area contributed by atoms with E-state index in [1.165, 1.54) is 104 Å². The van der Waals surface area contributed by atoms with Crippen molar-refractivity contribution in [3.8, 4) is 22.3 Å². The number of fused-ring (bicyclic) bond motifs is 19.